The number of carbonyl (C=O) groups is 2. The number of ether oxygens (including phenoxy) is 1. The van der Waals surface area contributed by atoms with Gasteiger partial charge in [-0.15, -0.1) is 0 Å². The minimum atomic E-state index is -1.27. The number of amides is 1. The molecule has 0 atom stereocenters. The highest BCUT2D eigenvalue weighted by Crippen LogP contribution is 2.28. The van der Waals surface area contributed by atoms with E-state index in [1.54, 1.807) is 24.3 Å². The number of carbonyl (C=O) groups excluding carboxylic acids is 1. The number of halogens is 2. The summed E-state index contributed by atoms with van der Waals surface area (Å²) in [5.41, 5.74) is -0.925. The van der Waals surface area contributed by atoms with Crippen molar-refractivity contribution in [3.05, 3.63) is 46.0 Å². The lowest BCUT2D eigenvalue weighted by Crippen LogP contribution is -2.34. The molecule has 0 unspecified atom stereocenters. The van der Waals surface area contributed by atoms with Crippen LogP contribution in [-0.2, 0) is 11.3 Å². The third-order valence-electron chi connectivity index (χ3n) is 5.77. The summed E-state index contributed by atoms with van der Waals surface area (Å²) in [6, 6.07) is 6.91. The van der Waals surface area contributed by atoms with Gasteiger partial charge in [0.1, 0.15) is 29.3 Å². The lowest BCUT2D eigenvalue weighted by Gasteiger charge is -2.26. The van der Waals surface area contributed by atoms with Crippen LogP contribution in [0.15, 0.2) is 24.3 Å². The fourth-order valence-electron chi connectivity index (χ4n) is 3.88. The number of hydrogen-bond donors (Lipinski definition) is 3. The Morgan fingerprint density at radius 2 is 1.86 bits per heavy atom. The van der Waals surface area contributed by atoms with Gasteiger partial charge in [-0.05, 0) is 87.2 Å². The highest BCUT2D eigenvalue weighted by molar-refractivity contribution is 6.30. The number of aliphatic carboxylic acids is 1. The van der Waals surface area contributed by atoms with Crippen molar-refractivity contribution >= 4 is 35.1 Å². The minimum Gasteiger partial charge on any atom is -0.492 e. The maximum absolute atomic E-state index is 13.2. The van der Waals surface area contributed by atoms with E-state index in [1.165, 1.54) is 18.4 Å². The topological polar surface area (TPSA) is 114 Å². The second-order valence-corrected chi connectivity index (χ2v) is 9.88. The number of nitrogens with zero attached hydrogens (tertiary/aromatic N) is 2. The van der Waals surface area contributed by atoms with Gasteiger partial charge in [-0.1, -0.05) is 17.5 Å². The number of rotatable bonds is 8. The standard InChI is InChI=1S/C25H29Cl2N3O5/c1-25(2,34)12-11-20-21(22(31)28-15-16-3-5-17(6-4-16)23(32)33)30(24(27)29-20)13-14-35-19-9-7-18(26)8-10-19/h7-10,16-17,34H,3-6,13-15H2,1-2H3,(H,28,31)(H,32,33)/t16-,17-. The number of benzene rings is 1. The van der Waals surface area contributed by atoms with Crippen LogP contribution in [-0.4, -0.2) is 50.4 Å². The summed E-state index contributed by atoms with van der Waals surface area (Å²) in [5, 5.41) is 22.8. The molecule has 10 heteroatoms. The first-order valence-electron chi connectivity index (χ1n) is 11.4. The van der Waals surface area contributed by atoms with E-state index in [4.69, 9.17) is 27.9 Å². The van der Waals surface area contributed by atoms with Gasteiger partial charge in [-0.3, -0.25) is 9.59 Å². The highest BCUT2D eigenvalue weighted by atomic mass is 35.5. The Balaban J connectivity index is 1.73. The number of carboxylic acids is 1. The summed E-state index contributed by atoms with van der Waals surface area (Å²) < 4.78 is 7.27. The number of aliphatic hydroxyl groups is 1. The quantitative estimate of drug-likeness (QED) is 0.452. The third kappa shape index (κ3) is 7.89. The molecule has 1 aliphatic rings. The lowest BCUT2D eigenvalue weighted by molar-refractivity contribution is -0.143. The van der Waals surface area contributed by atoms with E-state index in [0.717, 1.165) is 12.8 Å². The molecule has 3 N–H and O–H groups in total. The van der Waals surface area contributed by atoms with Crippen molar-refractivity contribution in [1.82, 2.24) is 14.9 Å². The molecule has 8 nitrogen and oxygen atoms in total. The van der Waals surface area contributed by atoms with Gasteiger partial charge in [-0.2, -0.15) is 0 Å². The Kier molecular flexibility index (Phi) is 9.06. The molecule has 1 heterocycles. The molecular formula is C25H29Cl2N3O5. The lowest BCUT2D eigenvalue weighted by atomic mass is 9.82. The molecule has 1 aromatic carbocycles. The molecule has 3 rings (SSSR count). The van der Waals surface area contributed by atoms with E-state index in [-0.39, 0.29) is 41.7 Å². The molecule has 0 spiro atoms. The zero-order chi connectivity index (χ0) is 25.6. The van der Waals surface area contributed by atoms with Crippen molar-refractivity contribution in [2.45, 2.75) is 51.7 Å². The Hall–Kier alpha value is -2.73. The summed E-state index contributed by atoms with van der Waals surface area (Å²) in [6.07, 6.45) is 2.67. The van der Waals surface area contributed by atoms with Crippen molar-refractivity contribution in [1.29, 1.82) is 0 Å². The Morgan fingerprint density at radius 1 is 1.20 bits per heavy atom. The van der Waals surface area contributed by atoms with Crippen molar-refractivity contribution in [2.75, 3.05) is 13.2 Å². The predicted octanol–water partition coefficient (Wildman–Crippen LogP) is 4.01. The van der Waals surface area contributed by atoms with Crippen LogP contribution < -0.4 is 10.1 Å². The van der Waals surface area contributed by atoms with Crippen LogP contribution in [0, 0.1) is 23.7 Å². The summed E-state index contributed by atoms with van der Waals surface area (Å²) in [6.45, 7) is 3.94. The fourth-order valence-corrected chi connectivity index (χ4v) is 4.26. The molecule has 0 aliphatic heterocycles. The van der Waals surface area contributed by atoms with Crippen LogP contribution in [0.1, 0.15) is 55.7 Å². The smallest absolute Gasteiger partial charge is 0.306 e. The summed E-state index contributed by atoms with van der Waals surface area (Å²) in [5.74, 6) is 4.79. The molecule has 1 amide bonds. The van der Waals surface area contributed by atoms with Crippen LogP contribution in [0.2, 0.25) is 10.3 Å². The predicted molar refractivity (Wildman–Crippen MR) is 133 cm³/mol. The number of carboxylic acid groups (broad SMARTS) is 1. The fraction of sp³-hybridized carbons (Fsp3) is 0.480. The number of nitrogens with one attached hydrogen (secondary N) is 1. The molecule has 0 bridgehead atoms. The van der Waals surface area contributed by atoms with Gasteiger partial charge < -0.3 is 24.8 Å². The van der Waals surface area contributed by atoms with Gasteiger partial charge in [0.25, 0.3) is 5.91 Å². The molecule has 35 heavy (non-hydrogen) atoms. The molecule has 1 aromatic heterocycles. The highest BCUT2D eigenvalue weighted by Gasteiger charge is 2.27. The van der Waals surface area contributed by atoms with Gasteiger partial charge in [0.15, 0.2) is 0 Å². The second kappa shape index (κ2) is 11.8. The molecule has 0 radical (unpaired) electrons. The van der Waals surface area contributed by atoms with E-state index in [9.17, 15) is 19.8 Å². The summed E-state index contributed by atoms with van der Waals surface area (Å²) >= 11 is 12.3. The molecule has 188 valence electrons. The van der Waals surface area contributed by atoms with E-state index >= 15 is 0 Å². The Labute approximate surface area is 214 Å². The number of imidazole rings is 1. The van der Waals surface area contributed by atoms with Gasteiger partial charge in [0.2, 0.25) is 5.28 Å². The normalized spacial score (nSPS) is 17.9. The maximum atomic E-state index is 13.2. The van der Waals surface area contributed by atoms with Crippen LogP contribution in [0.3, 0.4) is 0 Å². The molecule has 1 saturated carbocycles. The third-order valence-corrected chi connectivity index (χ3v) is 6.31. The van der Waals surface area contributed by atoms with Crippen molar-refractivity contribution in [3.8, 4) is 17.6 Å². The van der Waals surface area contributed by atoms with Crippen LogP contribution in [0.4, 0.5) is 0 Å². The first-order chi connectivity index (χ1) is 16.5. The zero-order valence-corrected chi connectivity index (χ0v) is 21.2. The van der Waals surface area contributed by atoms with Crippen LogP contribution >= 0.6 is 23.2 Å². The molecule has 2 aromatic rings. The Bertz CT molecular complexity index is 1110. The molecular weight excluding hydrogens is 493 g/mol. The monoisotopic (exact) mass is 521 g/mol. The van der Waals surface area contributed by atoms with E-state index < -0.39 is 17.5 Å². The van der Waals surface area contributed by atoms with Crippen LogP contribution in [0.25, 0.3) is 0 Å². The molecule has 1 fully saturated rings. The van der Waals surface area contributed by atoms with E-state index in [1.807, 2.05) is 0 Å². The first-order valence-corrected chi connectivity index (χ1v) is 12.2. The molecule has 0 saturated heterocycles. The molecule has 1 aliphatic carbocycles. The van der Waals surface area contributed by atoms with Crippen molar-refractivity contribution < 1.29 is 24.5 Å². The maximum Gasteiger partial charge on any atom is 0.306 e. The van der Waals surface area contributed by atoms with Gasteiger partial charge >= 0.3 is 5.97 Å². The van der Waals surface area contributed by atoms with Gasteiger partial charge in [0.05, 0.1) is 12.5 Å². The average Bonchev–Trinajstić information content (AvgIpc) is 3.12. The summed E-state index contributed by atoms with van der Waals surface area (Å²) in [7, 11) is 0. The Morgan fingerprint density at radius 3 is 2.46 bits per heavy atom. The van der Waals surface area contributed by atoms with Gasteiger partial charge in [0, 0.05) is 11.6 Å². The average molecular weight is 522 g/mol. The van der Waals surface area contributed by atoms with E-state index in [0.29, 0.717) is 30.2 Å². The number of aromatic nitrogens is 2. The SMILES string of the molecule is CC(C)(O)C#Cc1nc(Cl)n(CCOc2ccc(Cl)cc2)c1C(=O)NC[C@H]1CC[C@H](C(=O)O)CC1. The minimum absolute atomic E-state index is 0.0804. The van der Waals surface area contributed by atoms with Crippen molar-refractivity contribution in [3.63, 3.8) is 0 Å². The zero-order valence-electron chi connectivity index (χ0n) is 19.7. The number of hydrogen-bond acceptors (Lipinski definition) is 5. The second-order valence-electron chi connectivity index (χ2n) is 9.11. The van der Waals surface area contributed by atoms with E-state index in [2.05, 4.69) is 22.1 Å². The summed E-state index contributed by atoms with van der Waals surface area (Å²) in [4.78, 5) is 28.6. The van der Waals surface area contributed by atoms with Crippen LogP contribution in [0.5, 0.6) is 5.75 Å². The first kappa shape index (κ1) is 26.9. The van der Waals surface area contributed by atoms with Gasteiger partial charge in [-0.25, -0.2) is 4.98 Å². The largest absolute Gasteiger partial charge is 0.492 e. The van der Waals surface area contributed by atoms with Crippen molar-refractivity contribution in [2.24, 2.45) is 11.8 Å².